The maximum Gasteiger partial charge on any atom is 0.243 e. The molecule has 20 heavy (non-hydrogen) atoms. The Morgan fingerprint density at radius 2 is 2.00 bits per heavy atom. The largest absolute Gasteiger partial charge is 0.355 e. The van der Waals surface area contributed by atoms with Crippen molar-refractivity contribution in [2.45, 2.75) is 38.0 Å². The Morgan fingerprint density at radius 1 is 1.30 bits per heavy atom. The number of anilines is 1. The van der Waals surface area contributed by atoms with Crippen LogP contribution < -0.4 is 10.0 Å². The molecule has 1 saturated carbocycles. The van der Waals surface area contributed by atoms with Crippen molar-refractivity contribution in [1.29, 1.82) is 0 Å². The highest BCUT2D eigenvalue weighted by Crippen LogP contribution is 2.29. The molecule has 2 atom stereocenters. The summed E-state index contributed by atoms with van der Waals surface area (Å²) in [6, 6.07) is 0. The van der Waals surface area contributed by atoms with Crippen LogP contribution in [0.15, 0.2) is 17.3 Å². The van der Waals surface area contributed by atoms with Gasteiger partial charge in [0.15, 0.2) is 0 Å². The smallest absolute Gasteiger partial charge is 0.243 e. The predicted octanol–water partition coefficient (Wildman–Crippen LogP) is 1.62. The second-order valence-corrected chi connectivity index (χ2v) is 7.18. The minimum atomic E-state index is -3.50. The predicted molar refractivity (Wildman–Crippen MR) is 77.9 cm³/mol. The maximum atomic E-state index is 12.1. The average molecular weight is 298 g/mol. The van der Waals surface area contributed by atoms with Crippen LogP contribution in [-0.2, 0) is 10.0 Å². The third-order valence-corrected chi connectivity index (χ3v) is 5.02. The summed E-state index contributed by atoms with van der Waals surface area (Å²) >= 11 is 0. The van der Waals surface area contributed by atoms with Gasteiger partial charge >= 0.3 is 0 Å². The number of nitrogens with one attached hydrogen (secondary N) is 2. The quantitative estimate of drug-likeness (QED) is 0.834. The molecular weight excluding hydrogens is 276 g/mol. The van der Waals surface area contributed by atoms with Crippen molar-refractivity contribution >= 4 is 16.0 Å². The molecule has 6 nitrogen and oxygen atoms in total. The fourth-order valence-corrected chi connectivity index (χ4v) is 3.53. The van der Waals surface area contributed by atoms with E-state index in [-0.39, 0.29) is 4.90 Å². The summed E-state index contributed by atoms with van der Waals surface area (Å²) in [6.07, 6.45) is 6.06. The van der Waals surface area contributed by atoms with Gasteiger partial charge in [-0.15, -0.1) is 0 Å². The first-order chi connectivity index (χ1) is 9.51. The van der Waals surface area contributed by atoms with Crippen molar-refractivity contribution in [2.24, 2.45) is 11.8 Å². The summed E-state index contributed by atoms with van der Waals surface area (Å²) in [7, 11) is -3.50. The van der Waals surface area contributed by atoms with Crippen molar-refractivity contribution < 1.29 is 8.42 Å². The first kappa shape index (κ1) is 15.2. The summed E-state index contributed by atoms with van der Waals surface area (Å²) in [5.41, 5.74) is 0. The van der Waals surface area contributed by atoms with Crippen molar-refractivity contribution in [3.05, 3.63) is 12.4 Å². The van der Waals surface area contributed by atoms with E-state index in [9.17, 15) is 8.42 Å². The van der Waals surface area contributed by atoms with Gasteiger partial charge < -0.3 is 5.32 Å². The summed E-state index contributed by atoms with van der Waals surface area (Å²) in [4.78, 5) is 8.09. The van der Waals surface area contributed by atoms with Crippen LogP contribution in [0.3, 0.4) is 0 Å². The molecule has 0 spiro atoms. The van der Waals surface area contributed by atoms with Crippen LogP contribution in [0.25, 0.3) is 0 Å². The Hall–Kier alpha value is -1.21. The number of hydrogen-bond donors (Lipinski definition) is 2. The molecule has 0 bridgehead atoms. The summed E-state index contributed by atoms with van der Waals surface area (Å²) < 4.78 is 26.9. The van der Waals surface area contributed by atoms with Gasteiger partial charge in [0.25, 0.3) is 0 Å². The van der Waals surface area contributed by atoms with E-state index in [0.29, 0.717) is 30.9 Å². The number of nitrogens with zero attached hydrogens (tertiary/aromatic N) is 2. The van der Waals surface area contributed by atoms with E-state index in [0.717, 1.165) is 12.8 Å². The van der Waals surface area contributed by atoms with Crippen LogP contribution in [-0.4, -0.2) is 31.5 Å². The summed E-state index contributed by atoms with van der Waals surface area (Å²) in [5.74, 6) is 1.59. The molecule has 0 aromatic carbocycles. The fourth-order valence-electron chi connectivity index (χ4n) is 2.53. The minimum absolute atomic E-state index is 0.116. The van der Waals surface area contributed by atoms with Gasteiger partial charge in [0.1, 0.15) is 4.90 Å². The Kier molecular flexibility index (Phi) is 4.93. The molecule has 0 aliphatic heterocycles. The lowest BCUT2D eigenvalue weighted by atomic mass is 10.1. The molecule has 7 heteroatoms. The Morgan fingerprint density at radius 3 is 2.55 bits per heavy atom. The molecule has 1 aromatic rings. The molecule has 112 valence electrons. The van der Waals surface area contributed by atoms with E-state index in [2.05, 4.69) is 26.9 Å². The van der Waals surface area contributed by atoms with E-state index in [4.69, 9.17) is 0 Å². The van der Waals surface area contributed by atoms with E-state index >= 15 is 0 Å². The Balaban J connectivity index is 1.95. The second-order valence-electron chi connectivity index (χ2n) is 5.41. The van der Waals surface area contributed by atoms with Crippen molar-refractivity contribution in [3.63, 3.8) is 0 Å². The zero-order valence-corrected chi connectivity index (χ0v) is 12.8. The van der Waals surface area contributed by atoms with Gasteiger partial charge in [-0.05, 0) is 31.6 Å². The van der Waals surface area contributed by atoms with Gasteiger partial charge in [-0.2, -0.15) is 0 Å². The van der Waals surface area contributed by atoms with Crippen LogP contribution in [0.4, 0.5) is 5.95 Å². The topological polar surface area (TPSA) is 84.0 Å². The minimum Gasteiger partial charge on any atom is -0.355 e. The molecule has 1 aliphatic rings. The normalized spacial score (nSPS) is 22.9. The highest BCUT2D eigenvalue weighted by molar-refractivity contribution is 7.89. The van der Waals surface area contributed by atoms with Crippen LogP contribution in [0.2, 0.25) is 0 Å². The van der Waals surface area contributed by atoms with E-state index in [1.165, 1.54) is 18.8 Å². The van der Waals surface area contributed by atoms with E-state index < -0.39 is 10.0 Å². The van der Waals surface area contributed by atoms with E-state index in [1.807, 2.05) is 6.92 Å². The first-order valence-corrected chi connectivity index (χ1v) is 8.55. The van der Waals surface area contributed by atoms with Gasteiger partial charge in [-0.1, -0.05) is 13.3 Å². The molecular formula is C13H22N4O2S. The number of hydrogen-bond acceptors (Lipinski definition) is 5. The highest BCUT2D eigenvalue weighted by atomic mass is 32.2. The number of rotatable bonds is 6. The lowest BCUT2D eigenvalue weighted by Gasteiger charge is -2.11. The zero-order valence-electron chi connectivity index (χ0n) is 12.0. The molecule has 2 rings (SSSR count). The lowest BCUT2D eigenvalue weighted by molar-refractivity contribution is 0.498. The number of aromatic nitrogens is 2. The molecule has 0 saturated heterocycles. The third-order valence-electron chi connectivity index (χ3n) is 3.64. The Labute approximate surface area is 120 Å². The summed E-state index contributed by atoms with van der Waals surface area (Å²) in [5, 5.41) is 2.93. The second kappa shape index (κ2) is 6.49. The molecule has 1 aromatic heterocycles. The highest BCUT2D eigenvalue weighted by Gasteiger charge is 2.23. The van der Waals surface area contributed by atoms with Gasteiger partial charge in [0.05, 0.1) is 12.4 Å². The molecule has 2 unspecified atom stereocenters. The van der Waals surface area contributed by atoms with Gasteiger partial charge in [0.2, 0.25) is 16.0 Å². The average Bonchev–Trinajstić information content (AvgIpc) is 2.84. The fraction of sp³-hybridized carbons (Fsp3) is 0.692. The van der Waals surface area contributed by atoms with Crippen LogP contribution in [0.1, 0.15) is 33.1 Å². The third kappa shape index (κ3) is 3.89. The lowest BCUT2D eigenvalue weighted by Crippen LogP contribution is -2.29. The van der Waals surface area contributed by atoms with E-state index in [1.54, 1.807) is 0 Å². The molecule has 1 fully saturated rings. The maximum absolute atomic E-state index is 12.1. The SMILES string of the molecule is CCNc1ncc(S(=O)(=O)NCC2CCC(C)C2)cn1. The van der Waals surface area contributed by atoms with Crippen molar-refractivity contribution in [3.8, 4) is 0 Å². The first-order valence-electron chi connectivity index (χ1n) is 7.07. The van der Waals surface area contributed by atoms with Gasteiger partial charge in [-0.25, -0.2) is 23.1 Å². The van der Waals surface area contributed by atoms with Crippen molar-refractivity contribution in [1.82, 2.24) is 14.7 Å². The molecule has 2 N–H and O–H groups in total. The monoisotopic (exact) mass is 298 g/mol. The van der Waals surface area contributed by atoms with Crippen LogP contribution in [0, 0.1) is 11.8 Å². The van der Waals surface area contributed by atoms with Crippen LogP contribution >= 0.6 is 0 Å². The molecule has 1 aliphatic carbocycles. The molecule has 1 heterocycles. The van der Waals surface area contributed by atoms with Crippen LogP contribution in [0.5, 0.6) is 0 Å². The van der Waals surface area contributed by atoms with Gasteiger partial charge in [0, 0.05) is 13.1 Å². The molecule has 0 amide bonds. The van der Waals surface area contributed by atoms with Gasteiger partial charge in [-0.3, -0.25) is 0 Å². The van der Waals surface area contributed by atoms with Crippen molar-refractivity contribution in [2.75, 3.05) is 18.4 Å². The number of sulfonamides is 1. The zero-order chi connectivity index (χ0) is 14.6. The standard InChI is InChI=1S/C13H22N4O2S/c1-3-14-13-15-8-12(9-16-13)20(18,19)17-7-11-5-4-10(2)6-11/h8-11,17H,3-7H2,1-2H3,(H,14,15,16). The summed E-state index contributed by atoms with van der Waals surface area (Å²) in [6.45, 7) is 5.34. The Bertz CT molecular complexity index is 530. The molecule has 0 radical (unpaired) electrons.